The third-order valence-corrected chi connectivity index (χ3v) is 5.45. The highest BCUT2D eigenvalue weighted by molar-refractivity contribution is 5.85. The Morgan fingerprint density at radius 1 is 1.19 bits per heavy atom. The molecule has 27 heavy (non-hydrogen) atoms. The van der Waals surface area contributed by atoms with Gasteiger partial charge in [-0.2, -0.15) is 18.3 Å². The Kier molecular flexibility index (Phi) is 3.38. The molecule has 0 spiro atoms. The van der Waals surface area contributed by atoms with E-state index in [0.29, 0.717) is 5.52 Å². The van der Waals surface area contributed by atoms with Crippen LogP contribution in [0.4, 0.5) is 18.9 Å². The number of alkyl halides is 3. The van der Waals surface area contributed by atoms with Crippen LogP contribution < -0.4 is 5.32 Å². The molecule has 1 N–H and O–H groups in total. The number of allylic oxidation sites excluding steroid dienone is 1. The Morgan fingerprint density at radius 3 is 2.70 bits per heavy atom. The van der Waals surface area contributed by atoms with Gasteiger partial charge in [-0.25, -0.2) is 9.50 Å². The van der Waals surface area contributed by atoms with Crippen LogP contribution in [0.3, 0.4) is 0 Å². The van der Waals surface area contributed by atoms with Crippen LogP contribution in [0.25, 0.3) is 16.6 Å². The Morgan fingerprint density at radius 2 is 2.00 bits per heavy atom. The molecule has 1 aromatic carbocycles. The predicted octanol–water partition coefficient (Wildman–Crippen LogP) is 5.16. The average Bonchev–Trinajstić information content (AvgIpc) is 3.10. The van der Waals surface area contributed by atoms with Gasteiger partial charge in [0.05, 0.1) is 11.2 Å². The summed E-state index contributed by atoms with van der Waals surface area (Å²) in [7, 11) is 0. The zero-order valence-corrected chi connectivity index (χ0v) is 14.5. The average molecular weight is 370 g/mol. The van der Waals surface area contributed by atoms with Gasteiger partial charge in [0.1, 0.15) is 12.0 Å². The Bertz CT molecular complexity index is 1080. The van der Waals surface area contributed by atoms with Gasteiger partial charge in [0, 0.05) is 29.3 Å². The number of rotatable bonds is 2. The number of nitrogens with one attached hydrogen (secondary N) is 1. The van der Waals surface area contributed by atoms with E-state index in [1.165, 1.54) is 10.8 Å². The van der Waals surface area contributed by atoms with Gasteiger partial charge >= 0.3 is 6.18 Å². The van der Waals surface area contributed by atoms with Gasteiger partial charge < -0.3 is 5.32 Å². The third kappa shape index (κ3) is 2.60. The number of nitrogens with zero attached hydrogens (tertiary/aromatic N) is 3. The first-order valence-electron chi connectivity index (χ1n) is 8.94. The Balaban J connectivity index is 1.73. The molecular formula is C20H17F3N4. The normalized spacial score (nSPS) is 17.1. The van der Waals surface area contributed by atoms with Crippen molar-refractivity contribution in [2.75, 3.05) is 5.32 Å². The SMILES string of the molecule is C=C1Cc2cc(-c3c(C4CCC4)nn4cnc(C(F)(F)F)cc34)ccc2N1. The van der Waals surface area contributed by atoms with Crippen LogP contribution in [0.1, 0.15) is 42.1 Å². The summed E-state index contributed by atoms with van der Waals surface area (Å²) in [5, 5.41) is 7.82. The van der Waals surface area contributed by atoms with E-state index in [4.69, 9.17) is 0 Å². The van der Waals surface area contributed by atoms with E-state index in [9.17, 15) is 13.2 Å². The molecule has 0 atom stereocenters. The van der Waals surface area contributed by atoms with E-state index in [0.717, 1.165) is 65.5 Å². The standard InChI is InChI=1S/C20H17F3N4/c1-11-7-14-8-13(5-6-15(14)25-11)18-16-9-17(20(21,22)23)24-10-27(16)26-19(18)12-3-2-4-12/h5-6,8-10,12,25H,1-4,7H2. The molecule has 7 heteroatoms. The smallest absolute Gasteiger partial charge is 0.359 e. The molecule has 1 saturated carbocycles. The van der Waals surface area contributed by atoms with Crippen molar-refractivity contribution < 1.29 is 13.2 Å². The molecule has 5 rings (SSSR count). The molecule has 3 aromatic rings. The number of aromatic nitrogens is 3. The molecule has 138 valence electrons. The second-order valence-corrected chi connectivity index (χ2v) is 7.27. The highest BCUT2D eigenvalue weighted by atomic mass is 19.4. The molecule has 4 nitrogen and oxygen atoms in total. The second-order valence-electron chi connectivity index (χ2n) is 7.27. The lowest BCUT2D eigenvalue weighted by molar-refractivity contribution is -0.141. The van der Waals surface area contributed by atoms with Crippen LogP contribution in [0.2, 0.25) is 0 Å². The molecule has 0 unspecified atom stereocenters. The minimum absolute atomic E-state index is 0.288. The fourth-order valence-electron chi connectivity index (χ4n) is 3.88. The molecule has 1 fully saturated rings. The Hall–Kier alpha value is -2.83. The maximum absolute atomic E-state index is 13.2. The molecule has 1 aliphatic heterocycles. The molecule has 2 aromatic heterocycles. The molecule has 0 radical (unpaired) electrons. The summed E-state index contributed by atoms with van der Waals surface area (Å²) in [4.78, 5) is 3.55. The number of hydrogen-bond donors (Lipinski definition) is 1. The number of benzene rings is 1. The van der Waals surface area contributed by atoms with Crippen molar-refractivity contribution in [3.05, 3.63) is 59.8 Å². The zero-order chi connectivity index (χ0) is 18.8. The van der Waals surface area contributed by atoms with Gasteiger partial charge in [-0.1, -0.05) is 19.1 Å². The summed E-state index contributed by atoms with van der Waals surface area (Å²) in [5.74, 6) is 0.288. The summed E-state index contributed by atoms with van der Waals surface area (Å²) in [6.07, 6.45) is 0.550. The maximum atomic E-state index is 13.2. The maximum Gasteiger partial charge on any atom is 0.433 e. The third-order valence-electron chi connectivity index (χ3n) is 5.45. The van der Waals surface area contributed by atoms with E-state index in [2.05, 4.69) is 22.0 Å². The van der Waals surface area contributed by atoms with E-state index in [1.807, 2.05) is 18.2 Å². The predicted molar refractivity (Wildman–Crippen MR) is 96.5 cm³/mol. The topological polar surface area (TPSA) is 42.2 Å². The summed E-state index contributed by atoms with van der Waals surface area (Å²) in [6, 6.07) is 7.04. The molecule has 0 saturated heterocycles. The first-order chi connectivity index (χ1) is 12.9. The van der Waals surface area contributed by atoms with Gasteiger partial charge in [-0.05, 0) is 42.2 Å². The molecular weight excluding hydrogens is 353 g/mol. The van der Waals surface area contributed by atoms with E-state index in [1.54, 1.807) is 0 Å². The highest BCUT2D eigenvalue weighted by Gasteiger charge is 2.34. The number of anilines is 1. The largest absolute Gasteiger partial charge is 0.433 e. The highest BCUT2D eigenvalue weighted by Crippen LogP contribution is 2.44. The fourth-order valence-corrected chi connectivity index (χ4v) is 3.88. The second kappa shape index (κ2) is 5.58. The van der Waals surface area contributed by atoms with Crippen LogP contribution in [-0.2, 0) is 12.6 Å². The van der Waals surface area contributed by atoms with Gasteiger partial charge in [0.15, 0.2) is 0 Å². The van der Waals surface area contributed by atoms with E-state index < -0.39 is 11.9 Å². The van der Waals surface area contributed by atoms with Crippen molar-refractivity contribution >= 4 is 11.2 Å². The number of halogens is 3. The van der Waals surface area contributed by atoms with Crippen molar-refractivity contribution in [2.24, 2.45) is 0 Å². The minimum Gasteiger partial charge on any atom is -0.359 e. The molecule has 1 aliphatic carbocycles. The Labute approximate surface area is 153 Å². The van der Waals surface area contributed by atoms with Gasteiger partial charge in [0.25, 0.3) is 0 Å². The molecule has 0 bridgehead atoms. The van der Waals surface area contributed by atoms with Crippen LogP contribution in [0, 0.1) is 0 Å². The first-order valence-corrected chi connectivity index (χ1v) is 8.94. The van der Waals surface area contributed by atoms with Crippen molar-refractivity contribution in [1.82, 2.24) is 14.6 Å². The van der Waals surface area contributed by atoms with Gasteiger partial charge in [-0.15, -0.1) is 0 Å². The monoisotopic (exact) mass is 370 g/mol. The zero-order valence-electron chi connectivity index (χ0n) is 14.5. The van der Waals surface area contributed by atoms with Crippen molar-refractivity contribution in [3.63, 3.8) is 0 Å². The number of fused-ring (bicyclic) bond motifs is 2. The van der Waals surface area contributed by atoms with Gasteiger partial charge in [0.2, 0.25) is 0 Å². The number of hydrogen-bond acceptors (Lipinski definition) is 3. The first kappa shape index (κ1) is 16.4. The van der Waals surface area contributed by atoms with Crippen LogP contribution >= 0.6 is 0 Å². The quantitative estimate of drug-likeness (QED) is 0.677. The van der Waals surface area contributed by atoms with Crippen LogP contribution in [0.15, 0.2) is 42.9 Å². The van der Waals surface area contributed by atoms with E-state index >= 15 is 0 Å². The van der Waals surface area contributed by atoms with Crippen LogP contribution in [0.5, 0.6) is 0 Å². The summed E-state index contributed by atoms with van der Waals surface area (Å²) >= 11 is 0. The summed E-state index contributed by atoms with van der Waals surface area (Å²) < 4.78 is 41.1. The van der Waals surface area contributed by atoms with Crippen molar-refractivity contribution in [1.29, 1.82) is 0 Å². The van der Waals surface area contributed by atoms with Crippen molar-refractivity contribution in [2.45, 2.75) is 37.8 Å². The molecule has 2 aliphatic rings. The van der Waals surface area contributed by atoms with E-state index in [-0.39, 0.29) is 5.92 Å². The molecule has 0 amide bonds. The summed E-state index contributed by atoms with van der Waals surface area (Å²) in [6.45, 7) is 3.96. The van der Waals surface area contributed by atoms with Crippen molar-refractivity contribution in [3.8, 4) is 11.1 Å². The lowest BCUT2D eigenvalue weighted by atomic mass is 9.80. The fraction of sp³-hybridized carbons (Fsp3) is 0.300. The van der Waals surface area contributed by atoms with Gasteiger partial charge in [-0.3, -0.25) is 0 Å². The van der Waals surface area contributed by atoms with Crippen LogP contribution in [-0.4, -0.2) is 14.6 Å². The lowest BCUT2D eigenvalue weighted by Gasteiger charge is -2.24. The summed E-state index contributed by atoms with van der Waals surface area (Å²) in [5.41, 5.74) is 5.12. The molecule has 3 heterocycles. The minimum atomic E-state index is -4.49. The lowest BCUT2D eigenvalue weighted by Crippen LogP contribution is -2.10.